The summed E-state index contributed by atoms with van der Waals surface area (Å²) in [6, 6.07) is 15.1. The molecule has 29 heavy (non-hydrogen) atoms. The Bertz CT molecular complexity index is 1280. The number of nitrogens with zero attached hydrogens (tertiary/aromatic N) is 2. The Morgan fingerprint density at radius 3 is 2.62 bits per heavy atom. The summed E-state index contributed by atoms with van der Waals surface area (Å²) in [5, 5.41) is 7.06. The van der Waals surface area contributed by atoms with Crippen molar-refractivity contribution in [1.82, 2.24) is 9.97 Å². The van der Waals surface area contributed by atoms with Gasteiger partial charge in [0.1, 0.15) is 0 Å². The maximum absolute atomic E-state index is 13.1. The third kappa shape index (κ3) is 3.56. The molecule has 0 unspecified atom stereocenters. The molecule has 0 spiro atoms. The Kier molecular flexibility index (Phi) is 4.24. The number of hydrogen-bond donors (Lipinski definition) is 2. The Labute approximate surface area is 171 Å². The molecule has 1 fully saturated rings. The van der Waals surface area contributed by atoms with E-state index in [2.05, 4.69) is 15.6 Å². The monoisotopic (exact) mass is 402 g/mol. The number of carbonyl (C=O) groups is 2. The van der Waals surface area contributed by atoms with E-state index < -0.39 is 0 Å². The average molecular weight is 402 g/mol. The largest absolute Gasteiger partial charge is 0.326 e. The van der Waals surface area contributed by atoms with Crippen LogP contribution in [0.1, 0.15) is 41.7 Å². The van der Waals surface area contributed by atoms with Crippen LogP contribution < -0.4 is 10.6 Å². The lowest BCUT2D eigenvalue weighted by molar-refractivity contribution is -0.114. The highest BCUT2D eigenvalue weighted by Crippen LogP contribution is 2.40. The summed E-state index contributed by atoms with van der Waals surface area (Å²) >= 11 is 1.38. The molecule has 0 saturated heterocycles. The van der Waals surface area contributed by atoms with Gasteiger partial charge in [-0.15, -0.1) is 0 Å². The number of hydrogen-bond acceptors (Lipinski definition) is 5. The Hall–Kier alpha value is -3.32. The number of aromatic nitrogens is 2. The second-order valence-corrected chi connectivity index (χ2v) is 8.25. The van der Waals surface area contributed by atoms with Crippen molar-refractivity contribution >= 4 is 55.1 Å². The third-order valence-electron chi connectivity index (χ3n) is 4.91. The summed E-state index contributed by atoms with van der Waals surface area (Å²) in [4.78, 5) is 33.6. The number of nitrogens with one attached hydrogen (secondary N) is 2. The first-order valence-electron chi connectivity index (χ1n) is 9.46. The second-order valence-electron chi connectivity index (χ2n) is 7.22. The van der Waals surface area contributed by atoms with Crippen LogP contribution in [-0.2, 0) is 4.79 Å². The zero-order valence-corrected chi connectivity index (χ0v) is 16.5. The number of amides is 2. The Balaban J connectivity index is 1.48. The van der Waals surface area contributed by atoms with Gasteiger partial charge in [-0.1, -0.05) is 29.5 Å². The van der Waals surface area contributed by atoms with Gasteiger partial charge in [-0.3, -0.25) is 19.9 Å². The minimum Gasteiger partial charge on any atom is -0.326 e. The third-order valence-corrected chi connectivity index (χ3v) is 5.84. The van der Waals surface area contributed by atoms with Crippen LogP contribution >= 0.6 is 11.3 Å². The molecule has 2 N–H and O–H groups in total. The zero-order valence-electron chi connectivity index (χ0n) is 15.7. The van der Waals surface area contributed by atoms with Crippen LogP contribution in [0.15, 0.2) is 48.5 Å². The van der Waals surface area contributed by atoms with E-state index in [4.69, 9.17) is 4.98 Å². The highest BCUT2D eigenvalue weighted by molar-refractivity contribution is 7.22. The molecule has 5 rings (SSSR count). The second kappa shape index (κ2) is 6.93. The first kappa shape index (κ1) is 17.8. The molecule has 2 amide bonds. The van der Waals surface area contributed by atoms with Crippen LogP contribution in [0.4, 0.5) is 10.8 Å². The van der Waals surface area contributed by atoms with Crippen molar-refractivity contribution in [3.63, 3.8) is 0 Å². The van der Waals surface area contributed by atoms with Crippen molar-refractivity contribution in [2.75, 3.05) is 10.6 Å². The van der Waals surface area contributed by atoms with E-state index in [1.807, 2.05) is 42.5 Å². The van der Waals surface area contributed by atoms with Crippen LogP contribution in [0.25, 0.3) is 21.1 Å². The number of thiazole rings is 1. The van der Waals surface area contributed by atoms with Gasteiger partial charge in [0.05, 0.1) is 21.3 Å². The number of pyridine rings is 1. The number of benzene rings is 2. The summed E-state index contributed by atoms with van der Waals surface area (Å²) in [5.41, 5.74) is 3.93. The van der Waals surface area contributed by atoms with Gasteiger partial charge in [-0.05, 0) is 43.2 Å². The van der Waals surface area contributed by atoms with Gasteiger partial charge in [-0.2, -0.15) is 0 Å². The molecule has 0 bridgehead atoms. The van der Waals surface area contributed by atoms with Gasteiger partial charge >= 0.3 is 0 Å². The molecule has 0 radical (unpaired) electrons. The highest BCUT2D eigenvalue weighted by Gasteiger charge is 2.27. The molecule has 1 aliphatic carbocycles. The van der Waals surface area contributed by atoms with Crippen molar-refractivity contribution in [2.45, 2.75) is 25.7 Å². The predicted molar refractivity (Wildman–Crippen MR) is 116 cm³/mol. The predicted octanol–water partition coefficient (Wildman–Crippen LogP) is 4.93. The van der Waals surface area contributed by atoms with Crippen molar-refractivity contribution in [2.24, 2.45) is 0 Å². The fraction of sp³-hybridized carbons (Fsp3) is 0.182. The normalized spacial score (nSPS) is 13.6. The molecule has 4 aromatic rings. The van der Waals surface area contributed by atoms with Gasteiger partial charge < -0.3 is 5.32 Å². The molecule has 2 aromatic carbocycles. The standard InChI is InChI=1S/C22H18N4O2S/c1-12(27)23-14-8-9-18-20(10-14)29-22(25-18)26-21(28)16-11-19(13-6-7-13)24-17-5-3-2-4-15(16)17/h2-5,8-11,13H,6-7H2,1H3,(H,23,27)(H,25,26,28). The maximum Gasteiger partial charge on any atom is 0.258 e. The zero-order chi connectivity index (χ0) is 20.0. The summed E-state index contributed by atoms with van der Waals surface area (Å²) < 4.78 is 0.893. The molecule has 7 heteroatoms. The SMILES string of the molecule is CC(=O)Nc1ccc2nc(NC(=O)c3cc(C4CC4)nc4ccccc34)sc2c1. The molecule has 0 atom stereocenters. The Morgan fingerprint density at radius 1 is 1.00 bits per heavy atom. The fourth-order valence-corrected chi connectivity index (χ4v) is 4.30. The number of fused-ring (bicyclic) bond motifs is 2. The number of rotatable bonds is 4. The van der Waals surface area contributed by atoms with Gasteiger partial charge in [-0.25, -0.2) is 4.98 Å². The first-order chi connectivity index (χ1) is 14.1. The van der Waals surface area contributed by atoms with Crippen molar-refractivity contribution in [3.05, 3.63) is 59.8 Å². The van der Waals surface area contributed by atoms with Gasteiger partial charge in [0, 0.05) is 29.6 Å². The molecular formula is C22H18N4O2S. The molecule has 2 aromatic heterocycles. The van der Waals surface area contributed by atoms with Crippen LogP contribution in [0.5, 0.6) is 0 Å². The van der Waals surface area contributed by atoms with Crippen LogP contribution in [0.3, 0.4) is 0 Å². The van der Waals surface area contributed by atoms with Gasteiger partial charge in [0.2, 0.25) is 5.91 Å². The fourth-order valence-electron chi connectivity index (χ4n) is 3.40. The maximum atomic E-state index is 13.1. The first-order valence-corrected chi connectivity index (χ1v) is 10.3. The average Bonchev–Trinajstić information content (AvgIpc) is 3.47. The van der Waals surface area contributed by atoms with E-state index in [-0.39, 0.29) is 11.8 Å². The number of para-hydroxylation sites is 1. The van der Waals surface area contributed by atoms with Gasteiger partial charge in [0.15, 0.2) is 5.13 Å². The highest BCUT2D eigenvalue weighted by atomic mass is 32.1. The van der Waals surface area contributed by atoms with Crippen LogP contribution in [0.2, 0.25) is 0 Å². The molecule has 1 aliphatic rings. The molecule has 2 heterocycles. The van der Waals surface area contributed by atoms with E-state index in [1.165, 1.54) is 18.3 Å². The quantitative estimate of drug-likeness (QED) is 0.507. The lowest BCUT2D eigenvalue weighted by Gasteiger charge is -2.08. The topological polar surface area (TPSA) is 84.0 Å². The minimum absolute atomic E-state index is 0.126. The van der Waals surface area contributed by atoms with E-state index in [9.17, 15) is 9.59 Å². The smallest absolute Gasteiger partial charge is 0.258 e. The summed E-state index contributed by atoms with van der Waals surface area (Å²) in [5.74, 6) is 0.144. The van der Waals surface area contributed by atoms with E-state index in [0.29, 0.717) is 22.3 Å². The lowest BCUT2D eigenvalue weighted by Crippen LogP contribution is -2.13. The number of anilines is 2. The van der Waals surface area contributed by atoms with Crippen molar-refractivity contribution < 1.29 is 9.59 Å². The van der Waals surface area contributed by atoms with E-state index in [0.717, 1.165) is 39.7 Å². The van der Waals surface area contributed by atoms with E-state index >= 15 is 0 Å². The summed E-state index contributed by atoms with van der Waals surface area (Å²) in [6.45, 7) is 1.47. The van der Waals surface area contributed by atoms with Gasteiger partial charge in [0.25, 0.3) is 5.91 Å². The van der Waals surface area contributed by atoms with Crippen LogP contribution in [0, 0.1) is 0 Å². The summed E-state index contributed by atoms with van der Waals surface area (Å²) in [6.07, 6.45) is 2.25. The lowest BCUT2D eigenvalue weighted by atomic mass is 10.1. The van der Waals surface area contributed by atoms with Crippen LogP contribution in [-0.4, -0.2) is 21.8 Å². The molecule has 144 valence electrons. The molecule has 1 saturated carbocycles. The van der Waals surface area contributed by atoms with E-state index in [1.54, 1.807) is 6.07 Å². The molecule has 6 nitrogen and oxygen atoms in total. The van der Waals surface area contributed by atoms with Crippen molar-refractivity contribution in [1.29, 1.82) is 0 Å². The Morgan fingerprint density at radius 2 is 1.83 bits per heavy atom. The number of carbonyl (C=O) groups excluding carboxylic acids is 2. The van der Waals surface area contributed by atoms with Crippen molar-refractivity contribution in [3.8, 4) is 0 Å². The molecule has 0 aliphatic heterocycles. The minimum atomic E-state index is -0.188. The summed E-state index contributed by atoms with van der Waals surface area (Å²) in [7, 11) is 0. The molecular weight excluding hydrogens is 384 g/mol.